The second-order valence-corrected chi connectivity index (χ2v) is 8.57. The number of pyridine rings is 1. The van der Waals surface area contributed by atoms with Crippen molar-refractivity contribution >= 4 is 21.6 Å². The fourth-order valence-corrected chi connectivity index (χ4v) is 3.94. The van der Waals surface area contributed by atoms with Gasteiger partial charge in [-0.2, -0.15) is 0 Å². The lowest BCUT2D eigenvalue weighted by Crippen LogP contribution is -2.35. The van der Waals surface area contributed by atoms with Gasteiger partial charge in [-0.25, -0.2) is 8.42 Å². The number of sulfonamides is 1. The van der Waals surface area contributed by atoms with Gasteiger partial charge in [0, 0.05) is 12.7 Å². The number of hydrogen-bond donors (Lipinski definition) is 1. The van der Waals surface area contributed by atoms with Crippen LogP contribution in [-0.4, -0.2) is 37.9 Å². The SMILES string of the molecule is COc1ccc(S(=O)(=O)Nc2ccc(C)n(CC(=O)N(C)Cc3ccco3)c2=O)cc1. The summed E-state index contributed by atoms with van der Waals surface area (Å²) in [5.41, 5.74) is -0.239. The first-order valence-electron chi connectivity index (χ1n) is 9.35. The topological polar surface area (TPSA) is 111 Å². The largest absolute Gasteiger partial charge is 0.497 e. The molecule has 3 aromatic rings. The predicted octanol–water partition coefficient (Wildman–Crippen LogP) is 2.22. The second-order valence-electron chi connectivity index (χ2n) is 6.89. The zero-order valence-electron chi connectivity index (χ0n) is 17.4. The highest BCUT2D eigenvalue weighted by Gasteiger charge is 2.19. The quantitative estimate of drug-likeness (QED) is 0.569. The van der Waals surface area contributed by atoms with Gasteiger partial charge >= 0.3 is 0 Å². The third kappa shape index (κ3) is 5.15. The molecule has 0 aliphatic rings. The van der Waals surface area contributed by atoms with E-state index in [0.29, 0.717) is 17.2 Å². The van der Waals surface area contributed by atoms with E-state index in [4.69, 9.17) is 9.15 Å². The molecule has 3 rings (SSSR count). The number of aryl methyl sites for hydroxylation is 1. The van der Waals surface area contributed by atoms with Gasteiger partial charge in [-0.05, 0) is 55.5 Å². The van der Waals surface area contributed by atoms with Crippen LogP contribution in [0.1, 0.15) is 11.5 Å². The molecule has 0 bridgehead atoms. The van der Waals surface area contributed by atoms with Gasteiger partial charge in [-0.1, -0.05) is 0 Å². The maximum atomic E-state index is 12.9. The minimum atomic E-state index is -4.00. The molecule has 0 fully saturated rings. The van der Waals surface area contributed by atoms with Gasteiger partial charge in [0.15, 0.2) is 0 Å². The van der Waals surface area contributed by atoms with Crippen molar-refractivity contribution in [3.63, 3.8) is 0 Å². The predicted molar refractivity (Wildman–Crippen MR) is 114 cm³/mol. The van der Waals surface area contributed by atoms with Crippen molar-refractivity contribution in [2.24, 2.45) is 0 Å². The first-order chi connectivity index (χ1) is 14.7. The summed E-state index contributed by atoms with van der Waals surface area (Å²) in [5.74, 6) is 0.798. The maximum Gasteiger partial charge on any atom is 0.275 e. The lowest BCUT2D eigenvalue weighted by atomic mass is 10.3. The summed E-state index contributed by atoms with van der Waals surface area (Å²) in [7, 11) is -0.921. The first kappa shape index (κ1) is 22.2. The molecule has 0 atom stereocenters. The van der Waals surface area contributed by atoms with Gasteiger partial charge in [-0.15, -0.1) is 0 Å². The van der Waals surface area contributed by atoms with Crippen molar-refractivity contribution in [2.75, 3.05) is 18.9 Å². The van der Waals surface area contributed by atoms with Crippen LogP contribution in [0.15, 0.2) is 68.9 Å². The minimum absolute atomic E-state index is 0.0194. The molecule has 0 aliphatic carbocycles. The van der Waals surface area contributed by atoms with E-state index in [2.05, 4.69) is 4.72 Å². The lowest BCUT2D eigenvalue weighted by Gasteiger charge is -2.18. The number of carbonyl (C=O) groups excluding carboxylic acids is 1. The van der Waals surface area contributed by atoms with Crippen LogP contribution >= 0.6 is 0 Å². The molecule has 9 nitrogen and oxygen atoms in total. The number of hydrogen-bond acceptors (Lipinski definition) is 6. The number of ether oxygens (including phenoxy) is 1. The molecular formula is C21H23N3O6S. The van der Waals surface area contributed by atoms with E-state index in [9.17, 15) is 18.0 Å². The molecular weight excluding hydrogens is 422 g/mol. The third-order valence-corrected chi connectivity index (χ3v) is 6.08. The van der Waals surface area contributed by atoms with Crippen molar-refractivity contribution in [2.45, 2.75) is 24.9 Å². The van der Waals surface area contributed by atoms with E-state index in [1.807, 2.05) is 0 Å². The van der Waals surface area contributed by atoms with E-state index in [1.54, 1.807) is 32.2 Å². The summed E-state index contributed by atoms with van der Waals surface area (Å²) in [6, 6.07) is 12.2. The molecule has 0 saturated heterocycles. The third-order valence-electron chi connectivity index (χ3n) is 4.70. The fourth-order valence-electron chi connectivity index (χ4n) is 2.88. The molecule has 2 aromatic heterocycles. The number of aromatic nitrogens is 1. The van der Waals surface area contributed by atoms with Gasteiger partial charge in [0.05, 0.1) is 24.8 Å². The summed E-state index contributed by atoms with van der Waals surface area (Å²) in [6.07, 6.45) is 1.51. The molecule has 1 N–H and O–H groups in total. The Balaban J connectivity index is 1.81. The van der Waals surface area contributed by atoms with Crippen molar-refractivity contribution < 1.29 is 22.4 Å². The minimum Gasteiger partial charge on any atom is -0.497 e. The van der Waals surface area contributed by atoms with Crippen LogP contribution in [0.4, 0.5) is 5.69 Å². The Morgan fingerprint density at radius 1 is 1.16 bits per heavy atom. The molecule has 1 amide bonds. The molecule has 164 valence electrons. The normalized spacial score (nSPS) is 11.2. The van der Waals surface area contributed by atoms with Crippen LogP contribution in [0.2, 0.25) is 0 Å². The Labute approximate surface area is 179 Å². The van der Waals surface area contributed by atoms with Crippen LogP contribution < -0.4 is 15.0 Å². The van der Waals surface area contributed by atoms with Gasteiger partial charge in [0.25, 0.3) is 15.6 Å². The van der Waals surface area contributed by atoms with Crippen LogP contribution in [0, 0.1) is 6.92 Å². The Morgan fingerprint density at radius 2 is 1.87 bits per heavy atom. The second kappa shape index (κ2) is 9.09. The number of benzene rings is 1. The van der Waals surface area contributed by atoms with Crippen LogP contribution in [0.25, 0.3) is 0 Å². The van der Waals surface area contributed by atoms with Crippen molar-refractivity contribution in [1.29, 1.82) is 0 Å². The maximum absolute atomic E-state index is 12.9. The highest BCUT2D eigenvalue weighted by molar-refractivity contribution is 7.92. The summed E-state index contributed by atoms with van der Waals surface area (Å²) in [6.45, 7) is 1.69. The average molecular weight is 445 g/mol. The molecule has 2 heterocycles. The number of likely N-dealkylation sites (N-methyl/N-ethyl adjacent to an activating group) is 1. The molecule has 10 heteroatoms. The molecule has 0 saturated carbocycles. The van der Waals surface area contributed by atoms with Gasteiger partial charge < -0.3 is 18.6 Å². The zero-order chi connectivity index (χ0) is 22.6. The molecule has 31 heavy (non-hydrogen) atoms. The Bertz CT molecular complexity index is 1220. The molecule has 0 aliphatic heterocycles. The number of anilines is 1. The van der Waals surface area contributed by atoms with Crippen LogP contribution in [0.3, 0.4) is 0 Å². The van der Waals surface area contributed by atoms with E-state index in [1.165, 1.54) is 53.2 Å². The number of nitrogens with zero attached hydrogens (tertiary/aromatic N) is 2. The lowest BCUT2D eigenvalue weighted by molar-refractivity contribution is -0.131. The van der Waals surface area contributed by atoms with Gasteiger partial charge in [-0.3, -0.25) is 14.3 Å². The highest BCUT2D eigenvalue weighted by atomic mass is 32.2. The standard InChI is InChI=1S/C21H23N3O6S/c1-15-6-11-19(22-31(27,28)18-9-7-16(29-3)8-10-18)21(26)24(15)14-20(25)23(2)13-17-5-4-12-30-17/h4-12,22H,13-14H2,1-3H3. The molecule has 0 unspecified atom stereocenters. The average Bonchev–Trinajstić information content (AvgIpc) is 3.26. The van der Waals surface area contributed by atoms with Gasteiger partial charge in [0.2, 0.25) is 5.91 Å². The number of amides is 1. The van der Waals surface area contributed by atoms with E-state index in [0.717, 1.165) is 0 Å². The van der Waals surface area contributed by atoms with Gasteiger partial charge in [0.1, 0.15) is 23.7 Å². The van der Waals surface area contributed by atoms with E-state index < -0.39 is 15.6 Å². The van der Waals surface area contributed by atoms with Crippen LogP contribution in [-0.2, 0) is 27.9 Å². The van der Waals surface area contributed by atoms with E-state index >= 15 is 0 Å². The Kier molecular flexibility index (Phi) is 6.50. The van der Waals surface area contributed by atoms with E-state index in [-0.39, 0.29) is 29.6 Å². The number of rotatable bonds is 8. The first-order valence-corrected chi connectivity index (χ1v) is 10.8. The van der Waals surface area contributed by atoms with Crippen molar-refractivity contribution in [3.05, 3.63) is 76.6 Å². The smallest absolute Gasteiger partial charge is 0.275 e. The number of carbonyl (C=O) groups is 1. The van der Waals surface area contributed by atoms with Crippen LogP contribution in [0.5, 0.6) is 5.75 Å². The molecule has 0 spiro atoms. The number of methoxy groups -OCH3 is 1. The summed E-state index contributed by atoms with van der Waals surface area (Å²) >= 11 is 0. The molecule has 1 aromatic carbocycles. The van der Waals surface area contributed by atoms with Crippen molar-refractivity contribution in [3.8, 4) is 5.75 Å². The summed E-state index contributed by atoms with van der Waals surface area (Å²) in [4.78, 5) is 26.9. The van der Waals surface area contributed by atoms with Crippen molar-refractivity contribution in [1.82, 2.24) is 9.47 Å². The highest BCUT2D eigenvalue weighted by Crippen LogP contribution is 2.18. The summed E-state index contributed by atoms with van der Waals surface area (Å²) < 4.78 is 39.1. The monoisotopic (exact) mass is 445 g/mol. The zero-order valence-corrected chi connectivity index (χ0v) is 18.2. The number of nitrogens with one attached hydrogen (secondary N) is 1. The Morgan fingerprint density at radius 3 is 2.48 bits per heavy atom. The fraction of sp³-hybridized carbons (Fsp3) is 0.238. The number of furan rings is 1. The molecule has 0 radical (unpaired) electrons. The Hall–Kier alpha value is -3.53. The summed E-state index contributed by atoms with van der Waals surface area (Å²) in [5, 5.41) is 0.